The highest BCUT2D eigenvalue weighted by molar-refractivity contribution is 6.41. The summed E-state index contributed by atoms with van der Waals surface area (Å²) in [5.74, 6) is -0.890. The Morgan fingerprint density at radius 1 is 1.23 bits per heavy atom. The molecule has 1 N–H and O–H groups in total. The van der Waals surface area contributed by atoms with Crippen LogP contribution in [0.5, 0.6) is 0 Å². The maximum absolute atomic E-state index is 12.0. The summed E-state index contributed by atoms with van der Waals surface area (Å²) in [6.07, 6.45) is 2.94. The van der Waals surface area contributed by atoms with Crippen LogP contribution in [0.1, 0.15) is 30.1 Å². The van der Waals surface area contributed by atoms with Gasteiger partial charge in [0.15, 0.2) is 0 Å². The quantitative estimate of drug-likeness (QED) is 0.572. The number of amides is 1. The molecule has 2 rings (SSSR count). The predicted octanol–water partition coefficient (Wildman–Crippen LogP) is 3.15. The second-order valence-electron chi connectivity index (χ2n) is 5.38. The molecule has 1 amide bonds. The van der Waals surface area contributed by atoms with Gasteiger partial charge in [0.05, 0.1) is 23.4 Å². The van der Waals surface area contributed by atoms with E-state index in [2.05, 4.69) is 10.4 Å². The van der Waals surface area contributed by atoms with Crippen LogP contribution in [0.3, 0.4) is 0 Å². The molecule has 1 aromatic carbocycles. The fourth-order valence-corrected chi connectivity index (χ4v) is 2.25. The average molecular weight is 398 g/mol. The van der Waals surface area contributed by atoms with Crippen molar-refractivity contribution in [2.75, 3.05) is 11.9 Å². The number of aromatic nitrogens is 2. The molecule has 0 spiro atoms. The van der Waals surface area contributed by atoms with Gasteiger partial charge < -0.3 is 10.1 Å². The van der Waals surface area contributed by atoms with Crippen molar-refractivity contribution in [1.29, 1.82) is 0 Å². The second kappa shape index (κ2) is 9.35. The SMILES string of the molecule is CCCCOC(=O)c1ccc(NC(=O)Cn2ncc(Cl)c(Cl)c2=O)cc1. The van der Waals surface area contributed by atoms with Crippen LogP contribution in [-0.4, -0.2) is 28.3 Å². The molecule has 0 aliphatic carbocycles. The molecule has 7 nitrogen and oxygen atoms in total. The van der Waals surface area contributed by atoms with Gasteiger partial charge in [-0.25, -0.2) is 9.48 Å². The van der Waals surface area contributed by atoms with E-state index in [0.717, 1.165) is 17.5 Å². The molecule has 0 radical (unpaired) electrons. The van der Waals surface area contributed by atoms with Crippen molar-refractivity contribution in [1.82, 2.24) is 9.78 Å². The zero-order valence-electron chi connectivity index (χ0n) is 14.0. The molecule has 0 fully saturated rings. The Morgan fingerprint density at radius 3 is 2.58 bits per heavy atom. The number of benzene rings is 1. The Labute approximate surface area is 159 Å². The number of esters is 1. The normalized spacial score (nSPS) is 10.4. The fraction of sp³-hybridized carbons (Fsp3) is 0.294. The fourth-order valence-electron chi connectivity index (χ4n) is 1.98. The van der Waals surface area contributed by atoms with Crippen LogP contribution in [0.25, 0.3) is 0 Å². The number of carbonyl (C=O) groups is 2. The van der Waals surface area contributed by atoms with Crippen LogP contribution >= 0.6 is 23.2 Å². The maximum atomic E-state index is 12.0. The van der Waals surface area contributed by atoms with Gasteiger partial charge in [0.1, 0.15) is 11.6 Å². The number of nitrogens with zero attached hydrogens (tertiary/aromatic N) is 2. The number of rotatable bonds is 7. The maximum Gasteiger partial charge on any atom is 0.338 e. The molecule has 0 bridgehead atoms. The first-order chi connectivity index (χ1) is 12.4. The highest BCUT2D eigenvalue weighted by Crippen LogP contribution is 2.15. The number of anilines is 1. The van der Waals surface area contributed by atoms with Crippen molar-refractivity contribution in [3.63, 3.8) is 0 Å². The monoisotopic (exact) mass is 397 g/mol. The van der Waals surface area contributed by atoms with Crippen molar-refractivity contribution in [3.8, 4) is 0 Å². The lowest BCUT2D eigenvalue weighted by Gasteiger charge is -2.08. The lowest BCUT2D eigenvalue weighted by atomic mass is 10.2. The molecule has 0 aliphatic rings. The van der Waals surface area contributed by atoms with Crippen LogP contribution in [0.4, 0.5) is 5.69 Å². The third kappa shape index (κ3) is 5.31. The third-order valence-electron chi connectivity index (χ3n) is 3.37. The van der Waals surface area contributed by atoms with Gasteiger partial charge in [-0.2, -0.15) is 5.10 Å². The van der Waals surface area contributed by atoms with E-state index in [1.807, 2.05) is 6.92 Å². The highest BCUT2D eigenvalue weighted by Gasteiger charge is 2.12. The van der Waals surface area contributed by atoms with Gasteiger partial charge in [0.2, 0.25) is 5.91 Å². The van der Waals surface area contributed by atoms with E-state index < -0.39 is 17.4 Å². The Hall–Kier alpha value is -2.38. The molecule has 9 heteroatoms. The minimum absolute atomic E-state index is 0.0229. The van der Waals surface area contributed by atoms with E-state index >= 15 is 0 Å². The second-order valence-corrected chi connectivity index (χ2v) is 6.17. The molecular formula is C17H17Cl2N3O4. The molecule has 138 valence electrons. The van der Waals surface area contributed by atoms with Gasteiger partial charge in [-0.15, -0.1) is 0 Å². The predicted molar refractivity (Wildman–Crippen MR) is 98.8 cm³/mol. The molecule has 0 unspecified atom stereocenters. The summed E-state index contributed by atoms with van der Waals surface area (Å²) in [5, 5.41) is 6.19. The number of halogens is 2. The Morgan fingerprint density at radius 2 is 1.92 bits per heavy atom. The van der Waals surface area contributed by atoms with Crippen LogP contribution in [0.15, 0.2) is 35.3 Å². The number of hydrogen-bond donors (Lipinski definition) is 1. The van der Waals surface area contributed by atoms with Crippen molar-refractivity contribution >= 4 is 40.8 Å². The summed E-state index contributed by atoms with van der Waals surface area (Å²) in [6, 6.07) is 6.24. The third-order valence-corrected chi connectivity index (χ3v) is 4.12. The van der Waals surface area contributed by atoms with Gasteiger partial charge in [0, 0.05) is 5.69 Å². The zero-order chi connectivity index (χ0) is 19.1. The number of unbranched alkanes of at least 4 members (excludes halogenated alkanes) is 1. The molecule has 1 aromatic heterocycles. The molecule has 0 saturated carbocycles. The Kier molecular flexibility index (Phi) is 7.17. The van der Waals surface area contributed by atoms with Crippen LogP contribution in [0.2, 0.25) is 10.0 Å². The van der Waals surface area contributed by atoms with Gasteiger partial charge in [0.25, 0.3) is 5.56 Å². The van der Waals surface area contributed by atoms with Crippen molar-refractivity contribution in [2.45, 2.75) is 26.3 Å². The van der Waals surface area contributed by atoms with Gasteiger partial charge in [-0.05, 0) is 30.7 Å². The summed E-state index contributed by atoms with van der Waals surface area (Å²) in [7, 11) is 0. The molecule has 1 heterocycles. The van der Waals surface area contributed by atoms with Crippen LogP contribution in [0, 0.1) is 0 Å². The summed E-state index contributed by atoms with van der Waals surface area (Å²) in [4.78, 5) is 35.7. The molecule has 0 atom stereocenters. The first-order valence-corrected chi connectivity index (χ1v) is 8.66. The van der Waals surface area contributed by atoms with Crippen molar-refractivity contribution < 1.29 is 14.3 Å². The van der Waals surface area contributed by atoms with E-state index in [9.17, 15) is 14.4 Å². The molecule has 26 heavy (non-hydrogen) atoms. The standard InChI is InChI=1S/C17H17Cl2N3O4/c1-2-3-8-26-17(25)11-4-6-12(7-5-11)21-14(23)10-22-16(24)15(19)13(18)9-20-22/h4-7,9H,2-3,8,10H2,1H3,(H,21,23). The topological polar surface area (TPSA) is 90.3 Å². The van der Waals surface area contributed by atoms with E-state index in [-0.39, 0.29) is 16.6 Å². The molecule has 0 saturated heterocycles. The summed E-state index contributed by atoms with van der Waals surface area (Å²) >= 11 is 11.4. The summed E-state index contributed by atoms with van der Waals surface area (Å²) in [6.45, 7) is 2.06. The van der Waals surface area contributed by atoms with Gasteiger partial charge >= 0.3 is 5.97 Å². The van der Waals surface area contributed by atoms with E-state index in [4.69, 9.17) is 27.9 Å². The van der Waals surface area contributed by atoms with Crippen LogP contribution < -0.4 is 10.9 Å². The molecule has 2 aromatic rings. The minimum Gasteiger partial charge on any atom is -0.462 e. The van der Waals surface area contributed by atoms with E-state index in [0.29, 0.717) is 17.9 Å². The molecular weight excluding hydrogens is 381 g/mol. The van der Waals surface area contributed by atoms with Crippen molar-refractivity contribution in [2.24, 2.45) is 0 Å². The number of nitrogens with one attached hydrogen (secondary N) is 1. The first kappa shape index (κ1) is 19.9. The Bertz CT molecular complexity index is 850. The van der Waals surface area contributed by atoms with Crippen LogP contribution in [-0.2, 0) is 16.1 Å². The largest absolute Gasteiger partial charge is 0.462 e. The zero-order valence-corrected chi connectivity index (χ0v) is 15.5. The summed E-state index contributed by atoms with van der Waals surface area (Å²) in [5.41, 5.74) is 0.203. The highest BCUT2D eigenvalue weighted by atomic mass is 35.5. The number of hydrogen-bond acceptors (Lipinski definition) is 5. The lowest BCUT2D eigenvalue weighted by Crippen LogP contribution is -2.29. The average Bonchev–Trinajstić information content (AvgIpc) is 2.63. The lowest BCUT2D eigenvalue weighted by molar-refractivity contribution is -0.117. The number of carbonyl (C=O) groups excluding carboxylic acids is 2. The van der Waals surface area contributed by atoms with Gasteiger partial charge in [-0.3, -0.25) is 9.59 Å². The minimum atomic E-state index is -0.653. The summed E-state index contributed by atoms with van der Waals surface area (Å²) < 4.78 is 6.01. The van der Waals surface area contributed by atoms with Gasteiger partial charge in [-0.1, -0.05) is 36.5 Å². The Balaban J connectivity index is 1.96. The van der Waals surface area contributed by atoms with E-state index in [1.165, 1.54) is 6.20 Å². The molecule has 0 aliphatic heterocycles. The first-order valence-electron chi connectivity index (χ1n) is 7.90. The van der Waals surface area contributed by atoms with Crippen molar-refractivity contribution in [3.05, 3.63) is 56.4 Å². The smallest absolute Gasteiger partial charge is 0.338 e. The number of ether oxygens (including phenoxy) is 1. The van der Waals surface area contributed by atoms with E-state index in [1.54, 1.807) is 24.3 Å².